The Hall–Kier alpha value is -2.39. The molecule has 1 aromatic carbocycles. The number of nitrogens with zero attached hydrogens (tertiary/aromatic N) is 1. The number of anilines is 1. The van der Waals surface area contributed by atoms with Crippen molar-refractivity contribution in [1.29, 1.82) is 0 Å². The van der Waals surface area contributed by atoms with Crippen molar-refractivity contribution in [3.8, 4) is 0 Å². The summed E-state index contributed by atoms with van der Waals surface area (Å²) in [6.45, 7) is 0.150. The first kappa shape index (κ1) is 19.9. The maximum Gasteiger partial charge on any atom is 0.418 e. The molecule has 5 nitrogen and oxygen atoms in total. The highest BCUT2D eigenvalue weighted by Crippen LogP contribution is 2.34. The molecule has 0 radical (unpaired) electrons. The van der Waals surface area contributed by atoms with Crippen LogP contribution in [0.5, 0.6) is 0 Å². The summed E-state index contributed by atoms with van der Waals surface area (Å²) < 4.78 is 38.8. The molecule has 0 spiro atoms. The van der Waals surface area contributed by atoms with Crippen LogP contribution in [0.2, 0.25) is 0 Å². The molecular formula is C17H18F3N3O2S. The molecule has 0 saturated heterocycles. The summed E-state index contributed by atoms with van der Waals surface area (Å²) in [6.07, 6.45) is -4.63. The Morgan fingerprint density at radius 2 is 1.85 bits per heavy atom. The monoisotopic (exact) mass is 385 g/mol. The molecule has 26 heavy (non-hydrogen) atoms. The zero-order valence-corrected chi connectivity index (χ0v) is 14.9. The Kier molecular flexibility index (Phi) is 6.38. The Morgan fingerprint density at radius 1 is 1.15 bits per heavy atom. The van der Waals surface area contributed by atoms with Crippen molar-refractivity contribution in [3.05, 3.63) is 52.2 Å². The second-order valence-electron chi connectivity index (χ2n) is 5.74. The fourth-order valence-corrected chi connectivity index (χ4v) is 3.06. The Bertz CT molecular complexity index is 761. The van der Waals surface area contributed by atoms with Crippen LogP contribution in [-0.4, -0.2) is 37.4 Å². The smallest absolute Gasteiger partial charge is 0.346 e. The van der Waals surface area contributed by atoms with E-state index in [1.165, 1.54) is 23.5 Å². The van der Waals surface area contributed by atoms with Gasteiger partial charge < -0.3 is 15.5 Å². The first-order valence-corrected chi connectivity index (χ1v) is 8.58. The zero-order chi connectivity index (χ0) is 19.3. The second-order valence-corrected chi connectivity index (χ2v) is 6.52. The van der Waals surface area contributed by atoms with Crippen LogP contribution in [0.3, 0.4) is 0 Å². The number of rotatable bonds is 5. The van der Waals surface area contributed by atoms with Gasteiger partial charge in [-0.2, -0.15) is 24.5 Å². The van der Waals surface area contributed by atoms with Crippen LogP contribution in [-0.2, 0) is 15.8 Å². The third kappa shape index (κ3) is 5.06. The zero-order valence-electron chi connectivity index (χ0n) is 14.1. The maximum atomic E-state index is 12.9. The van der Waals surface area contributed by atoms with Crippen LogP contribution in [0.25, 0.3) is 0 Å². The molecule has 2 aromatic rings. The van der Waals surface area contributed by atoms with Crippen molar-refractivity contribution in [2.45, 2.75) is 12.2 Å². The standard InChI is InChI=1S/C17H18F3N3O2S/c1-23(2)14(11-7-8-26-10-11)9-21-15(24)16(25)22-13-6-4-3-5-12(13)17(18,19)20/h3-8,10,14H,9H2,1-2H3,(H,21,24)(H,22,25). The second kappa shape index (κ2) is 8.33. The van der Waals surface area contributed by atoms with Gasteiger partial charge in [0.2, 0.25) is 0 Å². The fraction of sp³-hybridized carbons (Fsp3) is 0.294. The molecule has 0 aliphatic carbocycles. The largest absolute Gasteiger partial charge is 0.418 e. The van der Waals surface area contributed by atoms with Crippen LogP contribution < -0.4 is 10.6 Å². The molecule has 9 heteroatoms. The Balaban J connectivity index is 2.01. The number of halogens is 3. The summed E-state index contributed by atoms with van der Waals surface area (Å²) in [4.78, 5) is 25.8. The van der Waals surface area contributed by atoms with Crippen molar-refractivity contribution in [1.82, 2.24) is 10.2 Å². The third-order valence-electron chi connectivity index (χ3n) is 3.69. The molecule has 0 bridgehead atoms. The lowest BCUT2D eigenvalue weighted by atomic mass is 10.1. The number of nitrogens with one attached hydrogen (secondary N) is 2. The minimum absolute atomic E-state index is 0.150. The quantitative estimate of drug-likeness (QED) is 0.778. The molecule has 2 rings (SSSR count). The first-order chi connectivity index (χ1) is 12.2. The van der Waals surface area contributed by atoms with E-state index in [4.69, 9.17) is 0 Å². The lowest BCUT2D eigenvalue weighted by Crippen LogP contribution is -2.40. The molecule has 1 unspecified atom stereocenters. The number of benzene rings is 1. The minimum atomic E-state index is -4.63. The van der Waals surface area contributed by atoms with Crippen LogP contribution >= 0.6 is 11.3 Å². The molecule has 2 N–H and O–H groups in total. The number of carbonyl (C=O) groups excluding carboxylic acids is 2. The molecule has 1 aromatic heterocycles. The van der Waals surface area contributed by atoms with Crippen molar-refractivity contribution < 1.29 is 22.8 Å². The van der Waals surface area contributed by atoms with Crippen molar-refractivity contribution in [3.63, 3.8) is 0 Å². The highest BCUT2D eigenvalue weighted by molar-refractivity contribution is 7.07. The Labute approximate surface area is 152 Å². The van der Waals surface area contributed by atoms with E-state index in [1.54, 1.807) is 0 Å². The summed E-state index contributed by atoms with van der Waals surface area (Å²) in [7, 11) is 3.66. The average Bonchev–Trinajstić information content (AvgIpc) is 3.08. The maximum absolute atomic E-state index is 12.9. The number of para-hydroxylation sites is 1. The van der Waals surface area contributed by atoms with Crippen LogP contribution in [0.4, 0.5) is 18.9 Å². The van der Waals surface area contributed by atoms with Gasteiger partial charge in [-0.05, 0) is 48.6 Å². The lowest BCUT2D eigenvalue weighted by molar-refractivity contribution is -0.138. The summed E-state index contributed by atoms with van der Waals surface area (Å²) in [5, 5.41) is 8.31. The van der Waals surface area contributed by atoms with E-state index in [-0.39, 0.29) is 12.6 Å². The van der Waals surface area contributed by atoms with Gasteiger partial charge in [0.05, 0.1) is 17.3 Å². The molecule has 0 aliphatic rings. The number of thiophene rings is 1. The lowest BCUT2D eigenvalue weighted by Gasteiger charge is -2.23. The van der Waals surface area contributed by atoms with Gasteiger partial charge in [-0.3, -0.25) is 9.59 Å². The van der Waals surface area contributed by atoms with Gasteiger partial charge in [-0.1, -0.05) is 12.1 Å². The predicted octanol–water partition coefficient (Wildman–Crippen LogP) is 3.12. The van der Waals surface area contributed by atoms with Gasteiger partial charge in [0.1, 0.15) is 0 Å². The number of hydrogen-bond acceptors (Lipinski definition) is 4. The predicted molar refractivity (Wildman–Crippen MR) is 93.8 cm³/mol. The van der Waals surface area contributed by atoms with Gasteiger partial charge in [0.15, 0.2) is 0 Å². The van der Waals surface area contributed by atoms with E-state index in [9.17, 15) is 22.8 Å². The van der Waals surface area contributed by atoms with Crippen LogP contribution in [0.15, 0.2) is 41.1 Å². The number of amides is 2. The molecular weight excluding hydrogens is 367 g/mol. The molecule has 0 aliphatic heterocycles. The molecule has 140 valence electrons. The fourth-order valence-electron chi connectivity index (χ4n) is 2.35. The van der Waals surface area contributed by atoms with Gasteiger partial charge in [0.25, 0.3) is 0 Å². The van der Waals surface area contributed by atoms with Crippen molar-refractivity contribution in [2.75, 3.05) is 26.0 Å². The summed E-state index contributed by atoms with van der Waals surface area (Å²) in [5.41, 5.74) is -0.490. The average molecular weight is 385 g/mol. The van der Waals surface area contributed by atoms with Gasteiger partial charge in [-0.25, -0.2) is 0 Å². The molecule has 0 saturated carbocycles. The van der Waals surface area contributed by atoms with Crippen LogP contribution in [0.1, 0.15) is 17.2 Å². The summed E-state index contributed by atoms with van der Waals surface area (Å²) in [5.74, 6) is -2.14. The van der Waals surface area contributed by atoms with Gasteiger partial charge in [0, 0.05) is 6.54 Å². The minimum Gasteiger partial charge on any atom is -0.346 e. The number of hydrogen-bond donors (Lipinski definition) is 2. The van der Waals surface area contributed by atoms with Crippen molar-refractivity contribution in [2.24, 2.45) is 0 Å². The normalized spacial score (nSPS) is 12.7. The highest BCUT2D eigenvalue weighted by atomic mass is 32.1. The first-order valence-electron chi connectivity index (χ1n) is 7.64. The molecule has 1 heterocycles. The topological polar surface area (TPSA) is 61.4 Å². The van der Waals surface area contributed by atoms with Gasteiger partial charge >= 0.3 is 18.0 Å². The molecule has 2 amide bonds. The molecule has 1 atom stereocenters. The number of carbonyl (C=O) groups is 2. The van der Waals surface area contributed by atoms with E-state index in [0.717, 1.165) is 17.7 Å². The van der Waals surface area contributed by atoms with Crippen LogP contribution in [0, 0.1) is 0 Å². The molecule has 0 fully saturated rings. The Morgan fingerprint density at radius 3 is 2.42 bits per heavy atom. The van der Waals surface area contributed by atoms with E-state index >= 15 is 0 Å². The van der Waals surface area contributed by atoms with Crippen molar-refractivity contribution >= 4 is 28.8 Å². The summed E-state index contributed by atoms with van der Waals surface area (Å²) in [6, 6.07) is 6.25. The SMILES string of the molecule is CN(C)C(CNC(=O)C(=O)Nc1ccccc1C(F)(F)F)c1ccsc1. The van der Waals surface area contributed by atoms with E-state index < -0.39 is 29.2 Å². The van der Waals surface area contributed by atoms with E-state index in [0.29, 0.717) is 0 Å². The third-order valence-corrected chi connectivity index (χ3v) is 4.40. The van der Waals surface area contributed by atoms with Gasteiger partial charge in [-0.15, -0.1) is 0 Å². The van der Waals surface area contributed by atoms with E-state index in [2.05, 4.69) is 5.32 Å². The number of alkyl halides is 3. The highest BCUT2D eigenvalue weighted by Gasteiger charge is 2.34. The summed E-state index contributed by atoms with van der Waals surface area (Å²) >= 11 is 1.51. The van der Waals surface area contributed by atoms with E-state index in [1.807, 2.05) is 41.1 Å². The number of likely N-dealkylation sites (N-methyl/N-ethyl adjacent to an activating group) is 1.